The van der Waals surface area contributed by atoms with E-state index in [1.54, 1.807) is 13.0 Å². The second-order valence-corrected chi connectivity index (χ2v) is 9.61. The van der Waals surface area contributed by atoms with E-state index >= 15 is 0 Å². The first-order chi connectivity index (χ1) is 15.9. The molecule has 3 aromatic heterocycles. The molecule has 0 saturated carbocycles. The van der Waals surface area contributed by atoms with Gasteiger partial charge in [0, 0.05) is 16.6 Å². The summed E-state index contributed by atoms with van der Waals surface area (Å²) in [6.45, 7) is 3.56. The van der Waals surface area contributed by atoms with Crippen LogP contribution in [0.1, 0.15) is 24.1 Å². The van der Waals surface area contributed by atoms with Crippen LogP contribution in [0.4, 0.5) is 0 Å². The summed E-state index contributed by atoms with van der Waals surface area (Å²) in [6.07, 6.45) is 0.0586. The summed E-state index contributed by atoms with van der Waals surface area (Å²) in [5.41, 5.74) is 7.89. The van der Waals surface area contributed by atoms with Crippen LogP contribution in [0.3, 0.4) is 0 Å². The van der Waals surface area contributed by atoms with Gasteiger partial charge in [-0.2, -0.15) is 5.10 Å². The fraction of sp³-hybridized carbons (Fsp3) is 0.227. The zero-order valence-corrected chi connectivity index (χ0v) is 19.6. The van der Waals surface area contributed by atoms with Crippen molar-refractivity contribution in [2.24, 2.45) is 0 Å². The standard InChI is InChI=1S/C22H22N6O3S2/c1-12-8-15(26-25-12)9-18(29)27-28-20(30)13(2)32-11-17-23-21(31)19-16(10-33-22(19)24-17)14-6-4-3-5-7-14/h3-8,10,13H,9,11H2,1-2H3,(H,25,26)(H,27,29)(H,28,30)(H,23,24,31)/t13-/m0/s1. The molecule has 0 spiro atoms. The molecule has 0 bridgehead atoms. The third kappa shape index (κ3) is 5.49. The van der Waals surface area contributed by atoms with Crippen LogP contribution >= 0.6 is 23.1 Å². The highest BCUT2D eigenvalue weighted by molar-refractivity contribution is 7.99. The van der Waals surface area contributed by atoms with Crippen molar-refractivity contribution in [3.8, 4) is 11.1 Å². The van der Waals surface area contributed by atoms with Crippen molar-refractivity contribution >= 4 is 45.1 Å². The Hall–Kier alpha value is -3.44. The van der Waals surface area contributed by atoms with Gasteiger partial charge in [-0.25, -0.2) is 4.98 Å². The van der Waals surface area contributed by atoms with Crippen LogP contribution < -0.4 is 16.4 Å². The van der Waals surface area contributed by atoms with Gasteiger partial charge < -0.3 is 4.98 Å². The van der Waals surface area contributed by atoms with Gasteiger partial charge in [0.2, 0.25) is 5.91 Å². The number of nitrogens with zero attached hydrogens (tertiary/aromatic N) is 2. The normalized spacial score (nSPS) is 11.9. The molecular formula is C22H22N6O3S2. The second-order valence-electron chi connectivity index (χ2n) is 7.42. The number of hydrogen-bond donors (Lipinski definition) is 4. The van der Waals surface area contributed by atoms with Gasteiger partial charge in [0.25, 0.3) is 11.5 Å². The topological polar surface area (TPSA) is 133 Å². The first-order valence-corrected chi connectivity index (χ1v) is 12.1. The van der Waals surface area contributed by atoms with Gasteiger partial charge in [0.05, 0.1) is 28.5 Å². The van der Waals surface area contributed by atoms with Gasteiger partial charge >= 0.3 is 0 Å². The van der Waals surface area contributed by atoms with Crippen LogP contribution in [0.25, 0.3) is 21.3 Å². The molecule has 170 valence electrons. The van der Waals surface area contributed by atoms with E-state index in [4.69, 9.17) is 0 Å². The van der Waals surface area contributed by atoms with Crippen molar-refractivity contribution < 1.29 is 9.59 Å². The Bertz CT molecular complexity index is 1350. The molecule has 0 unspecified atom stereocenters. The number of thiophene rings is 1. The quantitative estimate of drug-likeness (QED) is 0.299. The van der Waals surface area contributed by atoms with Crippen LogP contribution in [0.2, 0.25) is 0 Å². The van der Waals surface area contributed by atoms with Crippen molar-refractivity contribution in [1.82, 2.24) is 31.0 Å². The molecule has 33 heavy (non-hydrogen) atoms. The summed E-state index contributed by atoms with van der Waals surface area (Å²) in [4.78, 5) is 45.0. The van der Waals surface area contributed by atoms with E-state index in [1.807, 2.05) is 42.6 Å². The lowest BCUT2D eigenvalue weighted by atomic mass is 10.1. The molecule has 1 aromatic carbocycles. The van der Waals surface area contributed by atoms with Gasteiger partial charge in [-0.15, -0.1) is 23.1 Å². The van der Waals surface area contributed by atoms with Crippen LogP contribution in [0.5, 0.6) is 0 Å². The number of hydrogen-bond acceptors (Lipinski definition) is 7. The van der Waals surface area contributed by atoms with Gasteiger partial charge in [0.1, 0.15) is 10.7 Å². The molecule has 3 heterocycles. The predicted octanol–water partition coefficient (Wildman–Crippen LogP) is 2.69. The van der Waals surface area contributed by atoms with E-state index < -0.39 is 5.25 Å². The maximum absolute atomic E-state index is 12.7. The van der Waals surface area contributed by atoms with Crippen LogP contribution in [0.15, 0.2) is 46.6 Å². The number of carbonyl (C=O) groups is 2. The molecule has 11 heteroatoms. The summed E-state index contributed by atoms with van der Waals surface area (Å²) in [5, 5.41) is 8.79. The van der Waals surface area contributed by atoms with Crippen molar-refractivity contribution in [3.05, 3.63) is 69.3 Å². The Labute approximate surface area is 197 Å². The average molecular weight is 483 g/mol. The number of hydrazine groups is 1. The molecule has 0 fully saturated rings. The smallest absolute Gasteiger partial charge is 0.260 e. The highest BCUT2D eigenvalue weighted by atomic mass is 32.2. The van der Waals surface area contributed by atoms with Crippen molar-refractivity contribution in [3.63, 3.8) is 0 Å². The van der Waals surface area contributed by atoms with Crippen molar-refractivity contribution in [1.29, 1.82) is 0 Å². The summed E-state index contributed by atoms with van der Waals surface area (Å²) in [7, 11) is 0. The number of fused-ring (bicyclic) bond motifs is 1. The number of thioether (sulfide) groups is 1. The van der Waals surface area contributed by atoms with E-state index in [0.717, 1.165) is 16.8 Å². The number of benzene rings is 1. The zero-order valence-electron chi connectivity index (χ0n) is 18.0. The minimum absolute atomic E-state index is 0.0586. The minimum Gasteiger partial charge on any atom is -0.309 e. The molecule has 4 aromatic rings. The number of amides is 2. The largest absolute Gasteiger partial charge is 0.309 e. The second kappa shape index (κ2) is 10.0. The number of nitrogens with one attached hydrogen (secondary N) is 4. The monoisotopic (exact) mass is 482 g/mol. The van der Waals surface area contributed by atoms with Crippen LogP contribution in [-0.2, 0) is 21.8 Å². The fourth-order valence-electron chi connectivity index (χ4n) is 3.18. The molecular weight excluding hydrogens is 460 g/mol. The lowest BCUT2D eigenvalue weighted by molar-refractivity contribution is -0.128. The number of aromatic nitrogens is 4. The molecule has 0 saturated heterocycles. The number of carbonyl (C=O) groups excluding carboxylic acids is 2. The molecule has 4 N–H and O–H groups in total. The number of aryl methyl sites for hydroxylation is 1. The third-order valence-corrected chi connectivity index (χ3v) is 6.87. The Balaban J connectivity index is 1.33. The maximum atomic E-state index is 12.7. The first-order valence-electron chi connectivity index (χ1n) is 10.2. The van der Waals surface area contributed by atoms with Crippen LogP contribution in [0, 0.1) is 6.92 Å². The van der Waals surface area contributed by atoms with Gasteiger partial charge in [-0.1, -0.05) is 30.3 Å². The third-order valence-electron chi connectivity index (χ3n) is 4.84. The molecule has 9 nitrogen and oxygen atoms in total. The van der Waals surface area contributed by atoms with E-state index in [9.17, 15) is 14.4 Å². The number of aromatic amines is 2. The molecule has 0 aliphatic carbocycles. The molecule has 0 radical (unpaired) electrons. The zero-order chi connectivity index (χ0) is 23.4. The first kappa shape index (κ1) is 22.7. The maximum Gasteiger partial charge on any atom is 0.260 e. The Kier molecular flexibility index (Phi) is 6.90. The van der Waals surface area contributed by atoms with Gasteiger partial charge in [0.15, 0.2) is 0 Å². The number of rotatable bonds is 7. The minimum atomic E-state index is -0.470. The predicted molar refractivity (Wildman–Crippen MR) is 130 cm³/mol. The molecule has 0 aliphatic heterocycles. The van der Waals surface area contributed by atoms with E-state index in [2.05, 4.69) is 31.0 Å². The average Bonchev–Trinajstić information content (AvgIpc) is 3.42. The lowest BCUT2D eigenvalue weighted by Gasteiger charge is -2.12. The highest BCUT2D eigenvalue weighted by Gasteiger charge is 2.17. The van der Waals surface area contributed by atoms with Gasteiger partial charge in [-0.05, 0) is 25.5 Å². The van der Waals surface area contributed by atoms with Crippen molar-refractivity contribution in [2.45, 2.75) is 31.3 Å². The lowest BCUT2D eigenvalue weighted by Crippen LogP contribution is -2.45. The molecule has 1 atom stereocenters. The highest BCUT2D eigenvalue weighted by Crippen LogP contribution is 2.30. The van der Waals surface area contributed by atoms with E-state index in [0.29, 0.717) is 27.5 Å². The summed E-state index contributed by atoms with van der Waals surface area (Å²) >= 11 is 2.72. The Morgan fingerprint density at radius 3 is 2.73 bits per heavy atom. The summed E-state index contributed by atoms with van der Waals surface area (Å²) in [5.74, 6) is 0.128. The van der Waals surface area contributed by atoms with Gasteiger partial charge in [-0.3, -0.25) is 30.3 Å². The molecule has 4 rings (SSSR count). The summed E-state index contributed by atoms with van der Waals surface area (Å²) < 4.78 is 0. The summed E-state index contributed by atoms with van der Waals surface area (Å²) in [6, 6.07) is 11.5. The Morgan fingerprint density at radius 1 is 1.21 bits per heavy atom. The van der Waals surface area contributed by atoms with Crippen LogP contribution in [-0.4, -0.2) is 37.2 Å². The SMILES string of the molecule is Cc1cc(CC(=O)NNC(=O)[C@H](C)SCc2nc3scc(-c4ccccc4)c3c(=O)[nH]2)n[nH]1. The molecule has 0 aliphatic rings. The van der Waals surface area contributed by atoms with E-state index in [1.165, 1.54) is 23.1 Å². The van der Waals surface area contributed by atoms with E-state index in [-0.39, 0.29) is 23.8 Å². The molecule has 2 amide bonds. The van der Waals surface area contributed by atoms with Crippen molar-refractivity contribution in [2.75, 3.05) is 0 Å². The number of H-pyrrole nitrogens is 2. The Morgan fingerprint density at radius 2 is 2.00 bits per heavy atom. The fourth-order valence-corrected chi connectivity index (χ4v) is 4.90.